The van der Waals surface area contributed by atoms with Crippen LogP contribution in [0.25, 0.3) is 0 Å². The van der Waals surface area contributed by atoms with E-state index in [0.717, 1.165) is 16.1 Å². The number of aryl methyl sites for hydroxylation is 1. The lowest BCUT2D eigenvalue weighted by Gasteiger charge is -2.28. The van der Waals surface area contributed by atoms with Crippen molar-refractivity contribution in [2.24, 2.45) is 0 Å². The molecule has 0 saturated heterocycles. The monoisotopic (exact) mass is 414 g/mol. The van der Waals surface area contributed by atoms with Crippen LogP contribution < -0.4 is 9.62 Å². The Balaban J connectivity index is 2.18. The molecule has 1 atom stereocenters. The maximum absolute atomic E-state index is 12.5. The minimum atomic E-state index is -3.64. The third-order valence-electron chi connectivity index (χ3n) is 3.85. The van der Waals surface area contributed by atoms with E-state index >= 15 is 0 Å². The number of nitrogens with zero attached hydrogens (tertiary/aromatic N) is 1. The molecule has 0 unspecified atom stereocenters. The van der Waals surface area contributed by atoms with Crippen LogP contribution in [0.1, 0.15) is 18.1 Å². The molecule has 2 aromatic rings. The summed E-state index contributed by atoms with van der Waals surface area (Å²) in [7, 11) is -3.64. The van der Waals surface area contributed by atoms with Crippen molar-refractivity contribution in [1.29, 1.82) is 0 Å². The molecule has 26 heavy (non-hydrogen) atoms. The van der Waals surface area contributed by atoms with Gasteiger partial charge in [-0.2, -0.15) is 0 Å². The average molecular weight is 415 g/mol. The molecule has 0 aromatic heterocycles. The van der Waals surface area contributed by atoms with Gasteiger partial charge in [0.1, 0.15) is 6.04 Å². The highest BCUT2D eigenvalue weighted by Crippen LogP contribution is 2.23. The highest BCUT2D eigenvalue weighted by atomic mass is 35.5. The van der Waals surface area contributed by atoms with Crippen LogP contribution in [-0.2, 0) is 21.4 Å². The van der Waals surface area contributed by atoms with Gasteiger partial charge in [-0.3, -0.25) is 9.10 Å². The number of nitrogens with one attached hydrogen (secondary N) is 1. The first-order valence-corrected chi connectivity index (χ1v) is 10.5. The van der Waals surface area contributed by atoms with E-state index in [4.69, 9.17) is 23.2 Å². The minimum absolute atomic E-state index is 0.171. The molecule has 1 amide bonds. The van der Waals surface area contributed by atoms with Crippen LogP contribution in [0, 0.1) is 6.92 Å². The summed E-state index contributed by atoms with van der Waals surface area (Å²) in [4.78, 5) is 12.5. The number of rotatable bonds is 6. The number of carbonyl (C=O) groups excluding carboxylic acids is 1. The second-order valence-corrected chi connectivity index (χ2v) is 8.73. The summed E-state index contributed by atoms with van der Waals surface area (Å²) in [5.74, 6) is -0.429. The number of amides is 1. The van der Waals surface area contributed by atoms with Crippen molar-refractivity contribution in [3.05, 3.63) is 63.6 Å². The molecule has 0 aliphatic rings. The van der Waals surface area contributed by atoms with Gasteiger partial charge in [0.2, 0.25) is 15.9 Å². The van der Waals surface area contributed by atoms with Gasteiger partial charge in [0.25, 0.3) is 0 Å². The van der Waals surface area contributed by atoms with Gasteiger partial charge in [-0.15, -0.1) is 0 Å². The number of hydrogen-bond acceptors (Lipinski definition) is 3. The zero-order valence-corrected chi connectivity index (χ0v) is 17.0. The largest absolute Gasteiger partial charge is 0.350 e. The number of benzene rings is 2. The van der Waals surface area contributed by atoms with E-state index in [1.54, 1.807) is 49.4 Å². The molecule has 2 rings (SSSR count). The smallest absolute Gasteiger partial charge is 0.243 e. The van der Waals surface area contributed by atoms with Gasteiger partial charge in [0, 0.05) is 16.6 Å². The summed E-state index contributed by atoms with van der Waals surface area (Å²) in [6.45, 7) is 3.62. The number of sulfonamides is 1. The predicted molar refractivity (Wildman–Crippen MR) is 106 cm³/mol. The standard InChI is InChI=1S/C18H20Cl2N2O3S/c1-12-4-8-16(9-5-12)22(26(3,24)25)13(2)18(23)21-11-14-6-7-15(19)10-17(14)20/h4-10,13H,11H2,1-3H3,(H,21,23)/t13-/m0/s1. The Kier molecular flexibility index (Phi) is 6.55. The van der Waals surface area contributed by atoms with E-state index in [1.165, 1.54) is 0 Å². The van der Waals surface area contributed by atoms with Crippen molar-refractivity contribution in [3.63, 3.8) is 0 Å². The summed E-state index contributed by atoms with van der Waals surface area (Å²) in [6, 6.07) is 11.0. The minimum Gasteiger partial charge on any atom is -0.350 e. The molecule has 0 radical (unpaired) electrons. The number of halogens is 2. The molecule has 140 valence electrons. The van der Waals surface area contributed by atoms with E-state index in [9.17, 15) is 13.2 Å². The summed E-state index contributed by atoms with van der Waals surface area (Å²) >= 11 is 12.0. The summed E-state index contributed by atoms with van der Waals surface area (Å²) in [5, 5.41) is 3.66. The fraction of sp³-hybridized carbons (Fsp3) is 0.278. The fourth-order valence-electron chi connectivity index (χ4n) is 2.50. The van der Waals surface area contributed by atoms with Crippen molar-refractivity contribution >= 4 is 44.8 Å². The molecule has 0 aliphatic heterocycles. The van der Waals surface area contributed by atoms with E-state index in [1.807, 2.05) is 6.92 Å². The Morgan fingerprint density at radius 1 is 1.15 bits per heavy atom. The zero-order valence-electron chi connectivity index (χ0n) is 14.7. The Morgan fingerprint density at radius 2 is 1.77 bits per heavy atom. The molecule has 0 fully saturated rings. The Labute approximate surface area is 164 Å². The first kappa shape index (κ1) is 20.6. The maximum Gasteiger partial charge on any atom is 0.243 e. The zero-order chi connectivity index (χ0) is 19.5. The van der Waals surface area contributed by atoms with Crippen molar-refractivity contribution in [3.8, 4) is 0 Å². The SMILES string of the molecule is Cc1ccc(N([C@@H](C)C(=O)NCc2ccc(Cl)cc2Cl)S(C)(=O)=O)cc1. The molecular weight excluding hydrogens is 395 g/mol. The lowest BCUT2D eigenvalue weighted by Crippen LogP contribution is -2.47. The lowest BCUT2D eigenvalue weighted by atomic mass is 10.2. The quantitative estimate of drug-likeness (QED) is 0.781. The van der Waals surface area contributed by atoms with Crippen LogP contribution in [0.4, 0.5) is 5.69 Å². The van der Waals surface area contributed by atoms with Crippen molar-refractivity contribution in [2.75, 3.05) is 10.6 Å². The fourth-order valence-corrected chi connectivity index (χ4v) is 4.15. The van der Waals surface area contributed by atoms with Crippen molar-refractivity contribution in [2.45, 2.75) is 26.4 Å². The molecule has 8 heteroatoms. The average Bonchev–Trinajstić information content (AvgIpc) is 2.54. The molecular formula is C18H20Cl2N2O3S. The van der Waals surface area contributed by atoms with Crippen LogP contribution in [0.2, 0.25) is 10.0 Å². The Morgan fingerprint density at radius 3 is 2.31 bits per heavy atom. The van der Waals surface area contributed by atoms with Crippen LogP contribution in [-0.4, -0.2) is 26.6 Å². The van der Waals surface area contributed by atoms with Gasteiger partial charge in [-0.1, -0.05) is 47.0 Å². The van der Waals surface area contributed by atoms with Crippen LogP contribution in [0.15, 0.2) is 42.5 Å². The second kappa shape index (κ2) is 8.29. The van der Waals surface area contributed by atoms with Gasteiger partial charge < -0.3 is 5.32 Å². The van der Waals surface area contributed by atoms with E-state index < -0.39 is 22.0 Å². The molecule has 0 bridgehead atoms. The Hall–Kier alpha value is -1.76. The number of hydrogen-bond donors (Lipinski definition) is 1. The van der Waals surface area contributed by atoms with Gasteiger partial charge in [-0.25, -0.2) is 8.42 Å². The lowest BCUT2D eigenvalue weighted by molar-refractivity contribution is -0.122. The van der Waals surface area contributed by atoms with Gasteiger partial charge in [0.05, 0.1) is 11.9 Å². The van der Waals surface area contributed by atoms with Crippen LogP contribution >= 0.6 is 23.2 Å². The van der Waals surface area contributed by atoms with Crippen LogP contribution in [0.5, 0.6) is 0 Å². The molecule has 0 saturated carbocycles. The topological polar surface area (TPSA) is 66.5 Å². The third-order valence-corrected chi connectivity index (χ3v) is 5.67. The Bertz CT molecular complexity index is 899. The van der Waals surface area contributed by atoms with Crippen molar-refractivity contribution < 1.29 is 13.2 Å². The van der Waals surface area contributed by atoms with E-state index in [0.29, 0.717) is 21.3 Å². The predicted octanol–water partition coefficient (Wildman–Crippen LogP) is 3.77. The van der Waals surface area contributed by atoms with Gasteiger partial charge in [0.15, 0.2) is 0 Å². The summed E-state index contributed by atoms with van der Waals surface area (Å²) in [5.41, 5.74) is 2.12. The van der Waals surface area contributed by atoms with E-state index in [2.05, 4.69) is 5.32 Å². The molecule has 5 nitrogen and oxygen atoms in total. The molecule has 2 aromatic carbocycles. The number of anilines is 1. The normalized spacial score (nSPS) is 12.5. The molecule has 0 aliphatic carbocycles. The maximum atomic E-state index is 12.5. The highest BCUT2D eigenvalue weighted by molar-refractivity contribution is 7.92. The first-order valence-electron chi connectivity index (χ1n) is 7.87. The highest BCUT2D eigenvalue weighted by Gasteiger charge is 2.28. The van der Waals surface area contributed by atoms with Gasteiger partial charge >= 0.3 is 0 Å². The van der Waals surface area contributed by atoms with E-state index in [-0.39, 0.29) is 6.54 Å². The third kappa shape index (κ3) is 5.13. The second-order valence-electron chi connectivity index (χ2n) is 6.02. The van der Waals surface area contributed by atoms with Crippen molar-refractivity contribution in [1.82, 2.24) is 5.32 Å². The molecule has 1 N–H and O–H groups in total. The van der Waals surface area contributed by atoms with Crippen LogP contribution in [0.3, 0.4) is 0 Å². The summed E-state index contributed by atoms with van der Waals surface area (Å²) < 4.78 is 25.6. The first-order chi connectivity index (χ1) is 12.1. The number of carbonyl (C=O) groups is 1. The molecule has 0 heterocycles. The molecule has 0 spiro atoms. The van der Waals surface area contributed by atoms with Gasteiger partial charge in [-0.05, 0) is 43.7 Å². The summed E-state index contributed by atoms with van der Waals surface area (Å²) in [6.07, 6.45) is 1.08.